The third-order valence-corrected chi connectivity index (χ3v) is 3.65. The molecule has 2 N–H and O–H groups in total. The molecule has 0 aliphatic carbocycles. The second kappa shape index (κ2) is 7.64. The molecule has 1 aliphatic heterocycles. The first-order valence-electron chi connectivity index (χ1n) is 7.19. The van der Waals surface area contributed by atoms with Crippen LogP contribution in [0.25, 0.3) is 0 Å². The Labute approximate surface area is 130 Å². The summed E-state index contributed by atoms with van der Waals surface area (Å²) in [4.78, 5) is 11.8. The van der Waals surface area contributed by atoms with E-state index in [1.807, 2.05) is 0 Å². The van der Waals surface area contributed by atoms with E-state index in [0.29, 0.717) is 24.0 Å². The van der Waals surface area contributed by atoms with E-state index >= 15 is 0 Å². The van der Waals surface area contributed by atoms with Crippen LogP contribution < -0.4 is 15.4 Å². The van der Waals surface area contributed by atoms with Crippen LogP contribution in [0.2, 0.25) is 5.02 Å². The Kier molecular flexibility index (Phi) is 5.85. The van der Waals surface area contributed by atoms with Crippen molar-refractivity contribution >= 4 is 23.2 Å². The summed E-state index contributed by atoms with van der Waals surface area (Å²) < 4.78 is 11.0. The molecular formula is C15H21ClN2O3. The zero-order chi connectivity index (χ0) is 15.2. The molecule has 1 atom stereocenters. The van der Waals surface area contributed by atoms with E-state index in [-0.39, 0.29) is 11.9 Å². The van der Waals surface area contributed by atoms with Crippen molar-refractivity contribution in [2.75, 3.05) is 32.2 Å². The second-order valence-corrected chi connectivity index (χ2v) is 5.30. The molecule has 6 heteroatoms. The van der Waals surface area contributed by atoms with Gasteiger partial charge >= 0.3 is 0 Å². The molecule has 1 aromatic carbocycles. The predicted molar refractivity (Wildman–Crippen MR) is 83.1 cm³/mol. The van der Waals surface area contributed by atoms with Gasteiger partial charge in [0, 0.05) is 23.9 Å². The average Bonchev–Trinajstić information content (AvgIpc) is 2.77. The lowest BCUT2D eigenvalue weighted by molar-refractivity contribution is -0.117. The lowest BCUT2D eigenvalue weighted by atomic mass is 10.1. The Morgan fingerprint density at radius 3 is 2.86 bits per heavy atom. The summed E-state index contributed by atoms with van der Waals surface area (Å²) in [6, 6.07) is 3.17. The standard InChI is InChI=1S/C15H21ClN2O3/c1-3-4-5-20-6-7-21-13-9-12-10(8-11(13)16)14(17-2)15(19)18-12/h8-9,14,17H,3-7H2,1-2H3,(H,18,19). The average molecular weight is 313 g/mol. The Morgan fingerprint density at radius 1 is 1.33 bits per heavy atom. The van der Waals surface area contributed by atoms with Crippen LogP contribution in [-0.4, -0.2) is 32.8 Å². The third-order valence-electron chi connectivity index (χ3n) is 3.35. The van der Waals surface area contributed by atoms with Crippen LogP contribution in [-0.2, 0) is 9.53 Å². The van der Waals surface area contributed by atoms with Crippen molar-refractivity contribution in [3.8, 4) is 5.75 Å². The number of carbonyl (C=O) groups excluding carboxylic acids is 1. The summed E-state index contributed by atoms with van der Waals surface area (Å²) in [5, 5.41) is 6.27. The number of hydrogen-bond acceptors (Lipinski definition) is 4. The van der Waals surface area contributed by atoms with Gasteiger partial charge in [-0.3, -0.25) is 4.79 Å². The number of amides is 1. The molecule has 0 saturated heterocycles. The van der Waals surface area contributed by atoms with E-state index in [1.165, 1.54) is 0 Å². The number of fused-ring (bicyclic) bond motifs is 1. The number of anilines is 1. The quantitative estimate of drug-likeness (QED) is 0.725. The summed E-state index contributed by atoms with van der Waals surface area (Å²) in [6.45, 7) is 3.83. The van der Waals surface area contributed by atoms with Gasteiger partial charge in [-0.25, -0.2) is 0 Å². The summed E-state index contributed by atoms with van der Waals surface area (Å²) >= 11 is 6.21. The smallest absolute Gasteiger partial charge is 0.246 e. The van der Waals surface area contributed by atoms with Gasteiger partial charge in [-0.05, 0) is 19.5 Å². The minimum atomic E-state index is -0.357. The molecule has 5 nitrogen and oxygen atoms in total. The lowest BCUT2D eigenvalue weighted by Crippen LogP contribution is -2.23. The molecule has 0 fully saturated rings. The van der Waals surface area contributed by atoms with Crippen molar-refractivity contribution in [2.45, 2.75) is 25.8 Å². The topological polar surface area (TPSA) is 59.6 Å². The van der Waals surface area contributed by atoms with Crippen molar-refractivity contribution in [3.63, 3.8) is 0 Å². The van der Waals surface area contributed by atoms with Crippen LogP contribution in [0.4, 0.5) is 5.69 Å². The maximum Gasteiger partial charge on any atom is 0.246 e. The molecule has 1 amide bonds. The number of halogens is 1. The first kappa shape index (κ1) is 16.1. The zero-order valence-electron chi connectivity index (χ0n) is 12.4. The first-order chi connectivity index (χ1) is 10.2. The van der Waals surface area contributed by atoms with E-state index in [0.717, 1.165) is 30.7 Å². The molecule has 1 aromatic rings. The highest BCUT2D eigenvalue weighted by molar-refractivity contribution is 6.32. The van der Waals surface area contributed by atoms with Gasteiger partial charge < -0.3 is 20.1 Å². The van der Waals surface area contributed by atoms with Crippen molar-refractivity contribution in [2.24, 2.45) is 0 Å². The molecule has 21 heavy (non-hydrogen) atoms. The molecule has 0 radical (unpaired) electrons. The van der Waals surface area contributed by atoms with Crippen molar-refractivity contribution < 1.29 is 14.3 Å². The van der Waals surface area contributed by atoms with Crippen LogP contribution in [0.5, 0.6) is 5.75 Å². The molecule has 0 saturated carbocycles. The second-order valence-electron chi connectivity index (χ2n) is 4.90. The number of likely N-dealkylation sites (N-methyl/N-ethyl adjacent to an activating group) is 1. The minimum absolute atomic E-state index is 0.0800. The van der Waals surface area contributed by atoms with Gasteiger partial charge in [-0.2, -0.15) is 0 Å². The highest BCUT2D eigenvalue weighted by Gasteiger charge is 2.30. The fraction of sp³-hybridized carbons (Fsp3) is 0.533. The molecule has 1 aliphatic rings. The minimum Gasteiger partial charge on any atom is -0.490 e. The number of hydrogen-bond donors (Lipinski definition) is 2. The molecular weight excluding hydrogens is 292 g/mol. The van der Waals surface area contributed by atoms with E-state index in [2.05, 4.69) is 17.6 Å². The van der Waals surface area contributed by atoms with Crippen LogP contribution in [0.15, 0.2) is 12.1 Å². The molecule has 2 rings (SSSR count). The van der Waals surface area contributed by atoms with E-state index in [1.54, 1.807) is 19.2 Å². The number of carbonyl (C=O) groups is 1. The third kappa shape index (κ3) is 3.87. The summed E-state index contributed by atoms with van der Waals surface area (Å²) in [7, 11) is 1.74. The summed E-state index contributed by atoms with van der Waals surface area (Å²) in [5.41, 5.74) is 1.59. The van der Waals surface area contributed by atoms with Crippen LogP contribution in [0, 0.1) is 0 Å². The van der Waals surface area contributed by atoms with Gasteiger partial charge in [-0.1, -0.05) is 24.9 Å². The molecule has 1 heterocycles. The number of unbranched alkanes of at least 4 members (excludes halogenated alkanes) is 1. The van der Waals surface area contributed by atoms with Gasteiger partial charge in [0.15, 0.2) is 0 Å². The molecule has 0 bridgehead atoms. The summed E-state index contributed by atoms with van der Waals surface area (Å²) in [5.74, 6) is 0.482. The molecule has 1 unspecified atom stereocenters. The van der Waals surface area contributed by atoms with E-state index in [4.69, 9.17) is 21.1 Å². The van der Waals surface area contributed by atoms with Gasteiger partial charge in [0.05, 0.1) is 11.6 Å². The van der Waals surface area contributed by atoms with E-state index < -0.39 is 0 Å². The van der Waals surface area contributed by atoms with Gasteiger partial charge in [0.25, 0.3) is 0 Å². The summed E-state index contributed by atoms with van der Waals surface area (Å²) in [6.07, 6.45) is 2.17. The maximum atomic E-state index is 11.8. The number of nitrogens with one attached hydrogen (secondary N) is 2. The lowest BCUT2D eigenvalue weighted by Gasteiger charge is -2.11. The van der Waals surface area contributed by atoms with Crippen LogP contribution >= 0.6 is 11.6 Å². The monoisotopic (exact) mass is 312 g/mol. The zero-order valence-corrected chi connectivity index (χ0v) is 13.1. The Hall–Kier alpha value is -1.30. The Morgan fingerprint density at radius 2 is 2.14 bits per heavy atom. The highest BCUT2D eigenvalue weighted by Crippen LogP contribution is 2.38. The number of ether oxygens (including phenoxy) is 2. The van der Waals surface area contributed by atoms with Crippen LogP contribution in [0.1, 0.15) is 31.4 Å². The maximum absolute atomic E-state index is 11.8. The van der Waals surface area contributed by atoms with Crippen LogP contribution in [0.3, 0.4) is 0 Å². The van der Waals surface area contributed by atoms with Gasteiger partial charge in [-0.15, -0.1) is 0 Å². The van der Waals surface area contributed by atoms with E-state index in [9.17, 15) is 4.79 Å². The highest BCUT2D eigenvalue weighted by atomic mass is 35.5. The Balaban J connectivity index is 1.94. The van der Waals surface area contributed by atoms with Crippen molar-refractivity contribution in [3.05, 3.63) is 22.7 Å². The Bertz CT molecular complexity index is 508. The molecule has 0 spiro atoms. The van der Waals surface area contributed by atoms with Crippen molar-refractivity contribution in [1.29, 1.82) is 0 Å². The normalized spacial score (nSPS) is 16.7. The SMILES string of the molecule is CCCCOCCOc1cc2c(cc1Cl)C(NC)C(=O)N2. The fourth-order valence-electron chi connectivity index (χ4n) is 2.22. The number of benzene rings is 1. The number of rotatable bonds is 8. The molecule has 116 valence electrons. The fourth-order valence-corrected chi connectivity index (χ4v) is 2.44. The van der Waals surface area contributed by atoms with Crippen molar-refractivity contribution in [1.82, 2.24) is 5.32 Å². The molecule has 0 aromatic heterocycles. The largest absolute Gasteiger partial charge is 0.490 e. The van der Waals surface area contributed by atoms with Gasteiger partial charge in [0.1, 0.15) is 18.4 Å². The predicted octanol–water partition coefficient (Wildman–Crippen LogP) is 2.75. The first-order valence-corrected chi connectivity index (χ1v) is 7.57. The van der Waals surface area contributed by atoms with Gasteiger partial charge in [0.2, 0.25) is 5.91 Å².